The second-order valence-corrected chi connectivity index (χ2v) is 9.30. The minimum Gasteiger partial charge on any atom is -0.399 e. The van der Waals surface area contributed by atoms with Crippen LogP contribution in [0.15, 0.2) is 18.2 Å². The van der Waals surface area contributed by atoms with E-state index >= 15 is 0 Å². The Bertz CT molecular complexity index is 733. The van der Waals surface area contributed by atoms with Gasteiger partial charge in [-0.1, -0.05) is 6.07 Å². The van der Waals surface area contributed by atoms with Crippen molar-refractivity contribution in [1.29, 1.82) is 0 Å². The van der Waals surface area contributed by atoms with E-state index in [2.05, 4.69) is 11.0 Å². The molecular formula is C21H32BNO6. The molecule has 1 N–H and O–H groups in total. The van der Waals surface area contributed by atoms with Gasteiger partial charge in [-0.15, -0.1) is 0 Å². The zero-order valence-electron chi connectivity index (χ0n) is 18.1. The summed E-state index contributed by atoms with van der Waals surface area (Å²) in [5, 5.41) is 11.0. The van der Waals surface area contributed by atoms with E-state index in [9.17, 15) is 5.11 Å². The molecule has 3 saturated heterocycles. The number of aliphatic hydroxyl groups is 1. The number of hydrogen-bond donors (Lipinski definition) is 1. The van der Waals surface area contributed by atoms with Gasteiger partial charge in [0.1, 0.15) is 5.60 Å². The van der Waals surface area contributed by atoms with Crippen molar-refractivity contribution in [3.8, 4) is 0 Å². The van der Waals surface area contributed by atoms with Crippen LogP contribution in [0.1, 0.15) is 33.3 Å². The summed E-state index contributed by atoms with van der Waals surface area (Å²) in [6, 6.07) is 6.25. The fourth-order valence-electron chi connectivity index (χ4n) is 3.97. The first kappa shape index (κ1) is 21.1. The summed E-state index contributed by atoms with van der Waals surface area (Å²) < 4.78 is 28.9. The number of anilines is 1. The van der Waals surface area contributed by atoms with E-state index < -0.39 is 23.9 Å². The van der Waals surface area contributed by atoms with Crippen molar-refractivity contribution in [1.82, 2.24) is 0 Å². The molecule has 3 fully saturated rings. The second kappa shape index (κ2) is 7.52. The lowest BCUT2D eigenvalue weighted by molar-refractivity contribution is -0.184. The Hall–Kier alpha value is -1.16. The molecule has 29 heavy (non-hydrogen) atoms. The van der Waals surface area contributed by atoms with Gasteiger partial charge in [-0.2, -0.15) is 0 Å². The van der Waals surface area contributed by atoms with Crippen LogP contribution in [0.3, 0.4) is 0 Å². The number of morpholine rings is 1. The summed E-state index contributed by atoms with van der Waals surface area (Å²) in [4.78, 5) is 2.29. The molecular weight excluding hydrogens is 373 g/mol. The van der Waals surface area contributed by atoms with Gasteiger partial charge in [0, 0.05) is 19.3 Å². The van der Waals surface area contributed by atoms with Gasteiger partial charge in [0.25, 0.3) is 0 Å². The molecule has 0 spiro atoms. The summed E-state index contributed by atoms with van der Waals surface area (Å²) in [6.45, 7) is 11.4. The van der Waals surface area contributed by atoms with Gasteiger partial charge in [0.2, 0.25) is 0 Å². The summed E-state index contributed by atoms with van der Waals surface area (Å²) in [5.41, 5.74) is 0.909. The van der Waals surface area contributed by atoms with Crippen LogP contribution in [0.2, 0.25) is 0 Å². The van der Waals surface area contributed by atoms with Crippen molar-refractivity contribution < 1.29 is 28.6 Å². The molecule has 3 heterocycles. The number of nitrogens with zero attached hydrogens (tertiary/aromatic N) is 1. The van der Waals surface area contributed by atoms with Gasteiger partial charge in [-0.05, 0) is 50.9 Å². The first-order valence-electron chi connectivity index (χ1n) is 10.3. The number of hydrogen-bond acceptors (Lipinski definition) is 7. The molecule has 0 aromatic heterocycles. The lowest BCUT2D eigenvalue weighted by Gasteiger charge is -2.40. The third-order valence-electron chi connectivity index (χ3n) is 6.60. The lowest BCUT2D eigenvalue weighted by atomic mass is 9.76. The molecule has 7 nitrogen and oxygen atoms in total. The van der Waals surface area contributed by atoms with Crippen molar-refractivity contribution in [3.63, 3.8) is 0 Å². The average Bonchev–Trinajstić information content (AvgIpc) is 2.87. The highest BCUT2D eigenvalue weighted by atomic mass is 16.7. The average molecular weight is 405 g/mol. The van der Waals surface area contributed by atoms with Crippen LogP contribution < -0.4 is 10.4 Å². The van der Waals surface area contributed by atoms with Gasteiger partial charge in [-0.3, -0.25) is 0 Å². The van der Waals surface area contributed by atoms with Gasteiger partial charge >= 0.3 is 7.12 Å². The van der Waals surface area contributed by atoms with Crippen LogP contribution in [-0.4, -0.2) is 76.2 Å². The van der Waals surface area contributed by atoms with Gasteiger partial charge in [-0.25, -0.2) is 0 Å². The Morgan fingerprint density at radius 1 is 1.10 bits per heavy atom. The maximum atomic E-state index is 11.0. The first-order chi connectivity index (χ1) is 13.7. The molecule has 3 aliphatic rings. The number of benzene rings is 1. The van der Waals surface area contributed by atoms with E-state index in [1.54, 1.807) is 7.11 Å². The molecule has 4 rings (SSSR count). The lowest BCUT2D eigenvalue weighted by Crippen LogP contribution is -2.50. The standard InChI is InChI=1S/C21H32BNO6/c1-19(2)20(3,4)29-22(28-19)16-8-15(21(24)13-27-14-21)9-17(10-16)23-6-7-26-12-18(23)11-25-5/h8-10,18,24H,6-7,11-14H2,1-5H3. The van der Waals surface area contributed by atoms with E-state index in [0.29, 0.717) is 33.0 Å². The predicted molar refractivity (Wildman–Crippen MR) is 111 cm³/mol. The molecule has 3 aliphatic heterocycles. The highest BCUT2D eigenvalue weighted by Crippen LogP contribution is 2.38. The SMILES string of the molecule is COCC1COCCN1c1cc(B2OC(C)(C)C(C)(C)O2)cc(C2(O)COC2)c1. The monoisotopic (exact) mass is 405 g/mol. The van der Waals surface area contributed by atoms with Crippen LogP contribution in [0.25, 0.3) is 0 Å². The molecule has 160 valence electrons. The molecule has 0 amide bonds. The van der Waals surface area contributed by atoms with Crippen molar-refractivity contribution >= 4 is 18.3 Å². The molecule has 1 unspecified atom stereocenters. The van der Waals surface area contributed by atoms with Crippen LogP contribution in [0, 0.1) is 0 Å². The zero-order chi connectivity index (χ0) is 20.9. The second-order valence-electron chi connectivity index (χ2n) is 9.30. The van der Waals surface area contributed by atoms with Crippen molar-refractivity contribution in [2.75, 3.05) is 51.6 Å². The van der Waals surface area contributed by atoms with Gasteiger partial charge in [0.05, 0.1) is 50.3 Å². The zero-order valence-corrected chi connectivity index (χ0v) is 18.1. The Labute approximate surface area is 173 Å². The smallest absolute Gasteiger partial charge is 0.399 e. The summed E-state index contributed by atoms with van der Waals surface area (Å²) in [6.07, 6.45) is 0. The Morgan fingerprint density at radius 2 is 1.79 bits per heavy atom. The fraction of sp³-hybridized carbons (Fsp3) is 0.714. The van der Waals surface area contributed by atoms with E-state index in [1.165, 1.54) is 0 Å². The normalized spacial score (nSPS) is 27.7. The molecule has 1 aromatic rings. The largest absolute Gasteiger partial charge is 0.494 e. The molecule has 0 bridgehead atoms. The Kier molecular flexibility index (Phi) is 5.47. The van der Waals surface area contributed by atoms with E-state index in [1.807, 2.05) is 39.8 Å². The number of methoxy groups -OCH3 is 1. The summed E-state index contributed by atoms with van der Waals surface area (Å²) >= 11 is 0. The molecule has 0 saturated carbocycles. The molecule has 1 atom stereocenters. The van der Waals surface area contributed by atoms with Crippen molar-refractivity contribution in [2.45, 2.75) is 50.5 Å². The minimum atomic E-state index is -0.975. The number of ether oxygens (including phenoxy) is 3. The Morgan fingerprint density at radius 3 is 2.38 bits per heavy atom. The van der Waals surface area contributed by atoms with Crippen LogP contribution in [0.4, 0.5) is 5.69 Å². The first-order valence-corrected chi connectivity index (χ1v) is 10.3. The molecule has 1 aromatic carbocycles. The molecule has 0 aliphatic carbocycles. The van der Waals surface area contributed by atoms with Crippen LogP contribution in [0.5, 0.6) is 0 Å². The third kappa shape index (κ3) is 3.82. The summed E-state index contributed by atoms with van der Waals surface area (Å²) in [5.74, 6) is 0. The van der Waals surface area contributed by atoms with E-state index in [4.69, 9.17) is 23.5 Å². The molecule has 8 heteroatoms. The maximum absolute atomic E-state index is 11.0. The number of rotatable bonds is 5. The van der Waals surface area contributed by atoms with E-state index in [0.717, 1.165) is 23.3 Å². The topological polar surface area (TPSA) is 69.6 Å². The van der Waals surface area contributed by atoms with Crippen molar-refractivity contribution in [2.24, 2.45) is 0 Å². The maximum Gasteiger partial charge on any atom is 0.494 e. The highest BCUT2D eigenvalue weighted by Gasteiger charge is 2.52. The van der Waals surface area contributed by atoms with E-state index in [-0.39, 0.29) is 6.04 Å². The minimum absolute atomic E-state index is 0.113. The molecule has 0 radical (unpaired) electrons. The van der Waals surface area contributed by atoms with Crippen molar-refractivity contribution in [3.05, 3.63) is 23.8 Å². The third-order valence-corrected chi connectivity index (χ3v) is 6.60. The van der Waals surface area contributed by atoms with Gasteiger partial charge in [0.15, 0.2) is 0 Å². The fourth-order valence-corrected chi connectivity index (χ4v) is 3.97. The van der Waals surface area contributed by atoms with Crippen LogP contribution >= 0.6 is 0 Å². The predicted octanol–water partition coefficient (Wildman–Crippen LogP) is 1.06. The van der Waals surface area contributed by atoms with Crippen LogP contribution in [-0.2, 0) is 29.1 Å². The highest BCUT2D eigenvalue weighted by molar-refractivity contribution is 6.62. The summed E-state index contributed by atoms with van der Waals surface area (Å²) in [7, 11) is 1.21. The van der Waals surface area contributed by atoms with Gasteiger partial charge < -0.3 is 33.5 Å². The Balaban J connectivity index is 1.72. The quantitative estimate of drug-likeness (QED) is 0.735.